The van der Waals surface area contributed by atoms with Crippen LogP contribution < -0.4 is 0 Å². The van der Waals surface area contributed by atoms with Crippen LogP contribution in [0.15, 0.2) is 58.8 Å². The number of phenolic OH excluding ortho intramolecular Hbond substituents is 1. The number of hydrogen-bond donors (Lipinski definition) is 2. The summed E-state index contributed by atoms with van der Waals surface area (Å²) in [5.41, 5.74) is 2.96. The van der Waals surface area contributed by atoms with E-state index in [2.05, 4.69) is 22.9 Å². The molecular weight excluding hydrogens is 320 g/mol. The van der Waals surface area contributed by atoms with Crippen molar-refractivity contribution in [3.8, 4) is 5.75 Å². The van der Waals surface area contributed by atoms with E-state index in [-0.39, 0.29) is 10.9 Å². The van der Waals surface area contributed by atoms with Crippen LogP contribution in [0.25, 0.3) is 10.8 Å². The fourth-order valence-corrected chi connectivity index (χ4v) is 2.76. The zero-order valence-electron chi connectivity index (χ0n) is 13.3. The lowest BCUT2D eigenvalue weighted by molar-refractivity contribution is 0.109. The molecular formula is C19H16N2O2S. The van der Waals surface area contributed by atoms with Crippen LogP contribution in [0.1, 0.15) is 21.5 Å². The highest BCUT2D eigenvalue weighted by molar-refractivity contribution is 7.97. The third-order valence-electron chi connectivity index (χ3n) is 3.84. The van der Waals surface area contributed by atoms with E-state index in [4.69, 9.17) is 0 Å². The van der Waals surface area contributed by atoms with Gasteiger partial charge in [-0.2, -0.15) is 5.11 Å². The molecule has 0 saturated heterocycles. The second-order valence-corrected chi connectivity index (χ2v) is 6.06. The second kappa shape index (κ2) is 6.45. The molecule has 1 N–H and O–H groups in total. The Kier molecular flexibility index (Phi) is 4.36. The van der Waals surface area contributed by atoms with E-state index in [0.29, 0.717) is 16.9 Å². The molecule has 0 aliphatic carbocycles. The van der Waals surface area contributed by atoms with E-state index in [1.165, 1.54) is 0 Å². The molecule has 0 unspecified atom stereocenters. The molecule has 120 valence electrons. The van der Waals surface area contributed by atoms with E-state index < -0.39 is 0 Å². The molecule has 3 rings (SSSR count). The minimum Gasteiger partial charge on any atom is -0.507 e. The summed E-state index contributed by atoms with van der Waals surface area (Å²) in [4.78, 5) is 11.8. The average molecular weight is 336 g/mol. The van der Waals surface area contributed by atoms with Crippen LogP contribution in [0.5, 0.6) is 5.75 Å². The number of carbonyl (C=O) groups is 1. The van der Waals surface area contributed by atoms with Crippen molar-refractivity contribution in [2.75, 3.05) is 0 Å². The van der Waals surface area contributed by atoms with Gasteiger partial charge in [0.1, 0.15) is 5.75 Å². The number of azo groups is 1. The van der Waals surface area contributed by atoms with Crippen molar-refractivity contribution in [3.63, 3.8) is 0 Å². The minimum absolute atomic E-state index is 0.255. The van der Waals surface area contributed by atoms with Crippen molar-refractivity contribution in [2.24, 2.45) is 10.2 Å². The van der Waals surface area contributed by atoms with Crippen LogP contribution in [0, 0.1) is 13.8 Å². The van der Waals surface area contributed by atoms with Gasteiger partial charge in [-0.05, 0) is 60.0 Å². The molecule has 0 aliphatic rings. The maximum Gasteiger partial charge on any atom is 0.218 e. The summed E-state index contributed by atoms with van der Waals surface area (Å²) in [6, 6.07) is 14.8. The molecule has 5 heteroatoms. The Labute approximate surface area is 145 Å². The van der Waals surface area contributed by atoms with Crippen LogP contribution in [0.4, 0.5) is 11.4 Å². The first-order valence-corrected chi connectivity index (χ1v) is 7.88. The Morgan fingerprint density at radius 2 is 1.54 bits per heavy atom. The Hall–Kier alpha value is -2.66. The highest BCUT2D eigenvalue weighted by atomic mass is 32.1. The highest BCUT2D eigenvalue weighted by Crippen LogP contribution is 2.31. The zero-order valence-corrected chi connectivity index (χ0v) is 14.2. The lowest BCUT2D eigenvalue weighted by Crippen LogP contribution is -1.90. The number of carbonyl (C=O) groups excluding carboxylic acids is 1. The van der Waals surface area contributed by atoms with E-state index >= 15 is 0 Å². The first kappa shape index (κ1) is 16.2. The smallest absolute Gasteiger partial charge is 0.218 e. The summed E-state index contributed by atoms with van der Waals surface area (Å²) in [6.45, 7) is 3.61. The number of fused-ring (bicyclic) bond motifs is 1. The van der Waals surface area contributed by atoms with Gasteiger partial charge in [-0.15, -0.1) is 17.7 Å². The number of phenols is 1. The maximum atomic E-state index is 11.8. The van der Waals surface area contributed by atoms with E-state index in [1.54, 1.807) is 32.0 Å². The van der Waals surface area contributed by atoms with Gasteiger partial charge in [0.05, 0.1) is 16.9 Å². The SMILES string of the molecule is Cc1cc(/N=N/c2cc3ccccc3cc2C(=O)S)cc(C)c1O. The molecule has 0 amide bonds. The molecule has 4 nitrogen and oxygen atoms in total. The average Bonchev–Trinajstić information content (AvgIpc) is 2.56. The van der Waals surface area contributed by atoms with Gasteiger partial charge in [-0.25, -0.2) is 0 Å². The minimum atomic E-state index is -0.354. The third kappa shape index (κ3) is 3.16. The van der Waals surface area contributed by atoms with Crippen molar-refractivity contribution in [1.82, 2.24) is 0 Å². The molecule has 0 heterocycles. The number of benzene rings is 3. The van der Waals surface area contributed by atoms with Crippen molar-refractivity contribution >= 4 is 39.9 Å². The van der Waals surface area contributed by atoms with Gasteiger partial charge in [0.15, 0.2) is 0 Å². The summed E-state index contributed by atoms with van der Waals surface area (Å²) in [6.07, 6.45) is 0. The second-order valence-electron chi connectivity index (χ2n) is 5.65. The van der Waals surface area contributed by atoms with Crippen molar-refractivity contribution in [2.45, 2.75) is 13.8 Å². The van der Waals surface area contributed by atoms with Gasteiger partial charge in [-0.3, -0.25) is 4.79 Å². The number of nitrogens with zero attached hydrogens (tertiary/aromatic N) is 2. The summed E-state index contributed by atoms with van der Waals surface area (Å²) in [5, 5.41) is 19.8. The van der Waals surface area contributed by atoms with Crippen LogP contribution >= 0.6 is 12.6 Å². The maximum absolute atomic E-state index is 11.8. The molecule has 0 aliphatic heterocycles. The normalized spacial score (nSPS) is 11.3. The topological polar surface area (TPSA) is 62.0 Å². The number of rotatable bonds is 3. The molecule has 0 aromatic heterocycles. The van der Waals surface area contributed by atoms with Gasteiger partial charge in [-0.1, -0.05) is 24.3 Å². The Bertz CT molecular complexity index is 957. The first-order chi connectivity index (χ1) is 11.5. The van der Waals surface area contributed by atoms with Crippen molar-refractivity contribution in [3.05, 3.63) is 65.2 Å². The molecule has 0 atom stereocenters. The fraction of sp³-hybridized carbons (Fsp3) is 0.105. The molecule has 0 fully saturated rings. The first-order valence-electron chi connectivity index (χ1n) is 7.44. The molecule has 0 saturated carbocycles. The molecule has 0 spiro atoms. The lowest BCUT2D eigenvalue weighted by atomic mass is 10.1. The van der Waals surface area contributed by atoms with E-state index in [1.807, 2.05) is 30.3 Å². The summed E-state index contributed by atoms with van der Waals surface area (Å²) < 4.78 is 0. The predicted molar refractivity (Wildman–Crippen MR) is 99.0 cm³/mol. The van der Waals surface area contributed by atoms with Crippen LogP contribution in [0.3, 0.4) is 0 Å². The zero-order chi connectivity index (χ0) is 17.3. The monoisotopic (exact) mass is 336 g/mol. The summed E-state index contributed by atoms with van der Waals surface area (Å²) in [7, 11) is 0. The predicted octanol–water partition coefficient (Wildman–Crippen LogP) is 5.65. The van der Waals surface area contributed by atoms with Gasteiger partial charge in [0.2, 0.25) is 5.12 Å². The number of thiol groups is 1. The van der Waals surface area contributed by atoms with Gasteiger partial charge < -0.3 is 5.11 Å². The molecule has 0 radical (unpaired) electrons. The van der Waals surface area contributed by atoms with Crippen LogP contribution in [-0.2, 0) is 0 Å². The fourth-order valence-electron chi connectivity index (χ4n) is 2.58. The number of aryl methyl sites for hydroxylation is 2. The van der Waals surface area contributed by atoms with E-state index in [0.717, 1.165) is 21.9 Å². The Balaban J connectivity index is 2.08. The van der Waals surface area contributed by atoms with Gasteiger partial charge in [0.25, 0.3) is 0 Å². The van der Waals surface area contributed by atoms with E-state index in [9.17, 15) is 9.90 Å². The van der Waals surface area contributed by atoms with Gasteiger partial charge in [0, 0.05) is 0 Å². The van der Waals surface area contributed by atoms with Crippen molar-refractivity contribution < 1.29 is 9.90 Å². The third-order valence-corrected chi connectivity index (χ3v) is 4.08. The molecule has 0 bridgehead atoms. The standard InChI is InChI=1S/C19H16N2O2S/c1-11-7-15(8-12(2)18(11)22)20-21-17-10-14-6-4-3-5-13(14)9-16(17)19(23)24/h3-10,22H,1-2H3,(H,23,24)/b21-20+. The Morgan fingerprint density at radius 3 is 2.12 bits per heavy atom. The van der Waals surface area contributed by atoms with Crippen molar-refractivity contribution in [1.29, 1.82) is 0 Å². The Morgan fingerprint density at radius 1 is 0.958 bits per heavy atom. The number of aromatic hydroxyl groups is 1. The summed E-state index contributed by atoms with van der Waals surface area (Å²) in [5.74, 6) is 0.255. The lowest BCUT2D eigenvalue weighted by Gasteiger charge is -2.06. The summed E-state index contributed by atoms with van der Waals surface area (Å²) >= 11 is 3.94. The number of hydrogen-bond acceptors (Lipinski definition) is 4. The highest BCUT2D eigenvalue weighted by Gasteiger charge is 2.10. The molecule has 24 heavy (non-hydrogen) atoms. The van der Waals surface area contributed by atoms with Gasteiger partial charge >= 0.3 is 0 Å². The molecule has 3 aromatic carbocycles. The largest absolute Gasteiger partial charge is 0.507 e. The van der Waals surface area contributed by atoms with Crippen LogP contribution in [-0.4, -0.2) is 10.2 Å². The van der Waals surface area contributed by atoms with Crippen LogP contribution in [0.2, 0.25) is 0 Å². The quantitative estimate of drug-likeness (QED) is 0.480. The molecule has 3 aromatic rings.